The summed E-state index contributed by atoms with van der Waals surface area (Å²) in [5, 5.41) is 3.02. The first kappa shape index (κ1) is 15.2. The standard InChI is InChI=1S/C13H21FN4O/c1-8(4-5-18(2)3)17-12-6-9(13(16)19)11(15)7-10(12)14/h6-8,17H,4-5,15H2,1-3H3,(H2,16,19). The largest absolute Gasteiger partial charge is 0.398 e. The van der Waals surface area contributed by atoms with Crippen molar-refractivity contribution in [3.8, 4) is 0 Å². The lowest BCUT2D eigenvalue weighted by Crippen LogP contribution is -2.24. The van der Waals surface area contributed by atoms with Crippen LogP contribution in [-0.2, 0) is 0 Å². The Balaban J connectivity index is 2.83. The fourth-order valence-corrected chi connectivity index (χ4v) is 1.70. The molecule has 0 spiro atoms. The monoisotopic (exact) mass is 268 g/mol. The van der Waals surface area contributed by atoms with Crippen molar-refractivity contribution in [1.82, 2.24) is 4.90 Å². The Labute approximate surface area is 112 Å². The summed E-state index contributed by atoms with van der Waals surface area (Å²) in [6.07, 6.45) is 0.850. The summed E-state index contributed by atoms with van der Waals surface area (Å²) in [5.74, 6) is -1.15. The minimum atomic E-state index is -0.665. The molecule has 1 aromatic carbocycles. The van der Waals surface area contributed by atoms with E-state index in [2.05, 4.69) is 5.32 Å². The molecule has 0 fully saturated rings. The zero-order chi connectivity index (χ0) is 14.6. The van der Waals surface area contributed by atoms with Gasteiger partial charge in [-0.05, 0) is 46.1 Å². The van der Waals surface area contributed by atoms with E-state index in [1.165, 1.54) is 6.07 Å². The second kappa shape index (κ2) is 6.38. The zero-order valence-electron chi connectivity index (χ0n) is 11.5. The first-order chi connectivity index (χ1) is 8.81. The Morgan fingerprint density at radius 3 is 2.63 bits per heavy atom. The minimum absolute atomic E-state index is 0.0523. The Kier molecular flexibility index (Phi) is 5.11. The lowest BCUT2D eigenvalue weighted by atomic mass is 10.1. The molecule has 0 aliphatic heterocycles. The molecule has 106 valence electrons. The predicted molar refractivity (Wildman–Crippen MR) is 75.6 cm³/mol. The Morgan fingerprint density at radius 1 is 1.47 bits per heavy atom. The number of amides is 1. The molecule has 1 rings (SSSR count). The number of carbonyl (C=O) groups excluding carboxylic acids is 1. The third-order valence-electron chi connectivity index (χ3n) is 2.82. The van der Waals surface area contributed by atoms with Gasteiger partial charge in [0.1, 0.15) is 5.82 Å². The molecule has 0 aliphatic carbocycles. The number of halogens is 1. The third kappa shape index (κ3) is 4.40. The van der Waals surface area contributed by atoms with E-state index in [-0.39, 0.29) is 23.0 Å². The molecule has 0 aromatic heterocycles. The van der Waals surface area contributed by atoms with Crippen molar-refractivity contribution in [2.45, 2.75) is 19.4 Å². The third-order valence-corrected chi connectivity index (χ3v) is 2.82. The number of nitrogen functional groups attached to an aromatic ring is 1. The van der Waals surface area contributed by atoms with Gasteiger partial charge in [-0.2, -0.15) is 0 Å². The van der Waals surface area contributed by atoms with Crippen LogP contribution in [0.25, 0.3) is 0 Å². The highest BCUT2D eigenvalue weighted by Crippen LogP contribution is 2.22. The summed E-state index contributed by atoms with van der Waals surface area (Å²) >= 11 is 0. The molecular formula is C13H21FN4O. The number of rotatable bonds is 6. The molecule has 1 amide bonds. The smallest absolute Gasteiger partial charge is 0.250 e. The molecule has 1 unspecified atom stereocenters. The number of hydrogen-bond acceptors (Lipinski definition) is 4. The van der Waals surface area contributed by atoms with Crippen LogP contribution in [0.1, 0.15) is 23.7 Å². The van der Waals surface area contributed by atoms with E-state index < -0.39 is 11.7 Å². The van der Waals surface area contributed by atoms with E-state index in [9.17, 15) is 9.18 Å². The molecule has 0 heterocycles. The number of nitrogens with one attached hydrogen (secondary N) is 1. The lowest BCUT2D eigenvalue weighted by Gasteiger charge is -2.19. The van der Waals surface area contributed by atoms with Crippen LogP contribution in [0.3, 0.4) is 0 Å². The maximum Gasteiger partial charge on any atom is 0.250 e. The van der Waals surface area contributed by atoms with Gasteiger partial charge in [0.05, 0.1) is 11.3 Å². The van der Waals surface area contributed by atoms with Gasteiger partial charge in [0.15, 0.2) is 0 Å². The van der Waals surface area contributed by atoms with Crippen LogP contribution in [0.4, 0.5) is 15.8 Å². The van der Waals surface area contributed by atoms with Gasteiger partial charge < -0.3 is 21.7 Å². The molecule has 6 heteroatoms. The molecule has 5 nitrogen and oxygen atoms in total. The fraction of sp³-hybridized carbons (Fsp3) is 0.462. The number of carbonyl (C=O) groups is 1. The molecule has 0 saturated carbocycles. The molecule has 0 aliphatic rings. The summed E-state index contributed by atoms with van der Waals surface area (Å²) in [6, 6.07) is 2.54. The van der Waals surface area contributed by atoms with Crippen molar-refractivity contribution < 1.29 is 9.18 Å². The van der Waals surface area contributed by atoms with Gasteiger partial charge in [-0.15, -0.1) is 0 Å². The average molecular weight is 268 g/mol. The summed E-state index contributed by atoms with van der Waals surface area (Å²) in [6.45, 7) is 2.83. The summed E-state index contributed by atoms with van der Waals surface area (Å²) < 4.78 is 13.7. The molecule has 1 aromatic rings. The van der Waals surface area contributed by atoms with Crippen LogP contribution in [0.2, 0.25) is 0 Å². The highest BCUT2D eigenvalue weighted by atomic mass is 19.1. The van der Waals surface area contributed by atoms with E-state index in [1.807, 2.05) is 25.9 Å². The molecule has 5 N–H and O–H groups in total. The van der Waals surface area contributed by atoms with Gasteiger partial charge in [-0.25, -0.2) is 4.39 Å². The van der Waals surface area contributed by atoms with E-state index in [4.69, 9.17) is 11.5 Å². The number of primary amides is 1. The molecule has 0 saturated heterocycles. The molecule has 19 heavy (non-hydrogen) atoms. The topological polar surface area (TPSA) is 84.4 Å². The molecule has 1 atom stereocenters. The van der Waals surface area contributed by atoms with Crippen molar-refractivity contribution in [3.63, 3.8) is 0 Å². The van der Waals surface area contributed by atoms with Gasteiger partial charge in [-0.1, -0.05) is 0 Å². The van der Waals surface area contributed by atoms with Crippen molar-refractivity contribution in [2.75, 3.05) is 31.7 Å². The van der Waals surface area contributed by atoms with E-state index in [0.29, 0.717) is 0 Å². The van der Waals surface area contributed by atoms with Crippen LogP contribution in [0.15, 0.2) is 12.1 Å². The van der Waals surface area contributed by atoms with Crippen molar-refractivity contribution in [1.29, 1.82) is 0 Å². The van der Waals surface area contributed by atoms with Crippen LogP contribution in [0.5, 0.6) is 0 Å². The summed E-state index contributed by atoms with van der Waals surface area (Å²) in [4.78, 5) is 13.2. The van der Waals surface area contributed by atoms with Gasteiger partial charge in [-0.3, -0.25) is 4.79 Å². The second-order valence-electron chi connectivity index (χ2n) is 4.92. The minimum Gasteiger partial charge on any atom is -0.398 e. The number of nitrogens with zero attached hydrogens (tertiary/aromatic N) is 1. The number of nitrogens with two attached hydrogens (primary N) is 2. The van der Waals surface area contributed by atoms with Gasteiger partial charge in [0.25, 0.3) is 5.91 Å². The van der Waals surface area contributed by atoms with E-state index in [1.54, 1.807) is 0 Å². The summed E-state index contributed by atoms with van der Waals surface area (Å²) in [7, 11) is 3.95. The summed E-state index contributed by atoms with van der Waals surface area (Å²) in [5.41, 5.74) is 11.2. The molecule has 0 radical (unpaired) electrons. The lowest BCUT2D eigenvalue weighted by molar-refractivity contribution is 0.100. The number of anilines is 2. The fourth-order valence-electron chi connectivity index (χ4n) is 1.70. The normalized spacial score (nSPS) is 12.5. The predicted octanol–water partition coefficient (Wildman–Crippen LogP) is 1.26. The molecule has 0 bridgehead atoms. The first-order valence-electron chi connectivity index (χ1n) is 6.11. The van der Waals surface area contributed by atoms with E-state index >= 15 is 0 Å². The van der Waals surface area contributed by atoms with Gasteiger partial charge in [0.2, 0.25) is 0 Å². The first-order valence-corrected chi connectivity index (χ1v) is 6.11. The SMILES string of the molecule is CC(CCN(C)C)Nc1cc(C(N)=O)c(N)cc1F. The van der Waals surface area contributed by atoms with Crippen molar-refractivity contribution >= 4 is 17.3 Å². The number of hydrogen-bond donors (Lipinski definition) is 3. The highest BCUT2D eigenvalue weighted by Gasteiger charge is 2.13. The van der Waals surface area contributed by atoms with Gasteiger partial charge in [0, 0.05) is 11.7 Å². The van der Waals surface area contributed by atoms with Crippen LogP contribution >= 0.6 is 0 Å². The van der Waals surface area contributed by atoms with Crippen molar-refractivity contribution in [2.24, 2.45) is 5.73 Å². The van der Waals surface area contributed by atoms with Crippen LogP contribution in [-0.4, -0.2) is 37.5 Å². The number of benzene rings is 1. The average Bonchev–Trinajstić information content (AvgIpc) is 2.29. The highest BCUT2D eigenvalue weighted by molar-refractivity contribution is 5.99. The van der Waals surface area contributed by atoms with Crippen LogP contribution < -0.4 is 16.8 Å². The second-order valence-corrected chi connectivity index (χ2v) is 4.92. The molecular weight excluding hydrogens is 247 g/mol. The quantitative estimate of drug-likeness (QED) is 0.678. The zero-order valence-corrected chi connectivity index (χ0v) is 11.5. The maximum atomic E-state index is 13.7. The maximum absolute atomic E-state index is 13.7. The van der Waals surface area contributed by atoms with E-state index in [0.717, 1.165) is 19.0 Å². The Hall–Kier alpha value is -1.82. The van der Waals surface area contributed by atoms with Crippen molar-refractivity contribution in [3.05, 3.63) is 23.5 Å². The Bertz CT molecular complexity index is 462. The Morgan fingerprint density at radius 2 is 2.11 bits per heavy atom. The van der Waals surface area contributed by atoms with Gasteiger partial charge >= 0.3 is 0 Å². The van der Waals surface area contributed by atoms with Crippen LogP contribution in [0, 0.1) is 5.82 Å².